The van der Waals surface area contributed by atoms with Crippen molar-refractivity contribution in [2.45, 2.75) is 53.9 Å². The quantitative estimate of drug-likeness (QED) is 0.547. The average Bonchev–Trinajstić information content (AvgIpc) is 2.44. The lowest BCUT2D eigenvalue weighted by atomic mass is 9.62. The van der Waals surface area contributed by atoms with Gasteiger partial charge in [0.1, 0.15) is 0 Å². The zero-order valence-electron chi connectivity index (χ0n) is 10.9. The molecule has 0 aromatic rings. The Kier molecular flexibility index (Phi) is 3.46. The van der Waals surface area contributed by atoms with Crippen molar-refractivity contribution in [3.63, 3.8) is 0 Å². The van der Waals surface area contributed by atoms with Crippen molar-refractivity contribution < 1.29 is 14.3 Å². The molecular formula is C13H22O3. The minimum absolute atomic E-state index is 0.0239. The van der Waals surface area contributed by atoms with Gasteiger partial charge in [-0.2, -0.15) is 0 Å². The van der Waals surface area contributed by atoms with E-state index in [0.29, 0.717) is 0 Å². The second-order valence-electron chi connectivity index (χ2n) is 6.02. The summed E-state index contributed by atoms with van der Waals surface area (Å²) in [6.45, 7) is 10.9. The zero-order valence-corrected chi connectivity index (χ0v) is 10.9. The highest BCUT2D eigenvalue weighted by molar-refractivity contribution is 5.94. The third kappa shape index (κ3) is 2.45. The maximum Gasteiger partial charge on any atom is 0.317 e. The highest BCUT2D eigenvalue weighted by Gasteiger charge is 2.42. The van der Waals surface area contributed by atoms with Gasteiger partial charge < -0.3 is 4.74 Å². The van der Waals surface area contributed by atoms with Gasteiger partial charge in [0.2, 0.25) is 0 Å². The van der Waals surface area contributed by atoms with Gasteiger partial charge in [-0.25, -0.2) is 0 Å². The Labute approximate surface area is 97.5 Å². The van der Waals surface area contributed by atoms with Crippen LogP contribution in [0, 0.1) is 16.7 Å². The lowest BCUT2D eigenvalue weighted by molar-refractivity contribution is -0.153. The van der Waals surface area contributed by atoms with Crippen molar-refractivity contribution >= 4 is 11.9 Å². The Morgan fingerprint density at radius 1 is 1.19 bits per heavy atom. The fraction of sp³-hybridized carbons (Fsp3) is 0.846. The normalized spacial score (nSPS) is 22.4. The second-order valence-corrected chi connectivity index (χ2v) is 6.02. The van der Waals surface area contributed by atoms with E-state index in [2.05, 4.69) is 39.4 Å². The third-order valence-corrected chi connectivity index (χ3v) is 4.43. The van der Waals surface area contributed by atoms with Gasteiger partial charge in [-0.05, 0) is 17.3 Å². The first-order valence-corrected chi connectivity index (χ1v) is 5.94. The van der Waals surface area contributed by atoms with Gasteiger partial charge in [-0.15, -0.1) is 0 Å². The Hall–Kier alpha value is -0.860. The van der Waals surface area contributed by atoms with Crippen LogP contribution in [0.4, 0.5) is 0 Å². The molecule has 0 bridgehead atoms. The summed E-state index contributed by atoms with van der Waals surface area (Å²) >= 11 is 0. The molecule has 1 atom stereocenters. The summed E-state index contributed by atoms with van der Waals surface area (Å²) in [5.74, 6) is -0.960. The van der Waals surface area contributed by atoms with E-state index in [1.807, 2.05) is 0 Å². The number of carbonyl (C=O) groups is 2. The largest absolute Gasteiger partial charge is 0.393 e. The van der Waals surface area contributed by atoms with Crippen LogP contribution in [0.15, 0.2) is 0 Å². The highest BCUT2D eigenvalue weighted by atomic mass is 16.6. The van der Waals surface area contributed by atoms with Crippen molar-refractivity contribution in [2.75, 3.05) is 0 Å². The summed E-state index contributed by atoms with van der Waals surface area (Å²) in [6.07, 6.45) is 2.02. The molecule has 0 N–H and O–H groups in total. The monoisotopic (exact) mass is 226 g/mol. The molecule has 1 aliphatic heterocycles. The predicted octanol–water partition coefficient (Wildman–Crippen LogP) is 2.93. The third-order valence-electron chi connectivity index (χ3n) is 4.43. The molecule has 1 aliphatic rings. The van der Waals surface area contributed by atoms with Crippen molar-refractivity contribution in [1.29, 1.82) is 0 Å². The number of cyclic esters (lactones) is 2. The maximum absolute atomic E-state index is 11.4. The molecule has 0 aliphatic carbocycles. The van der Waals surface area contributed by atoms with Gasteiger partial charge in [0.25, 0.3) is 0 Å². The Morgan fingerprint density at radius 2 is 1.75 bits per heavy atom. The average molecular weight is 226 g/mol. The molecule has 92 valence electrons. The van der Waals surface area contributed by atoms with E-state index in [9.17, 15) is 9.59 Å². The van der Waals surface area contributed by atoms with Crippen LogP contribution in [0.2, 0.25) is 0 Å². The van der Waals surface area contributed by atoms with Crippen molar-refractivity contribution in [1.82, 2.24) is 0 Å². The molecule has 16 heavy (non-hydrogen) atoms. The van der Waals surface area contributed by atoms with E-state index in [0.717, 1.165) is 12.8 Å². The second kappa shape index (κ2) is 4.19. The first kappa shape index (κ1) is 13.2. The zero-order chi connectivity index (χ0) is 12.6. The van der Waals surface area contributed by atoms with Crippen LogP contribution >= 0.6 is 0 Å². The van der Waals surface area contributed by atoms with E-state index < -0.39 is 0 Å². The van der Waals surface area contributed by atoms with E-state index >= 15 is 0 Å². The van der Waals surface area contributed by atoms with Crippen LogP contribution in [-0.4, -0.2) is 11.9 Å². The van der Waals surface area contributed by atoms with E-state index in [1.165, 1.54) is 0 Å². The van der Waals surface area contributed by atoms with Gasteiger partial charge in [-0.3, -0.25) is 9.59 Å². The first-order valence-electron chi connectivity index (χ1n) is 5.94. The Balaban J connectivity index is 2.73. The number of carbonyl (C=O) groups excluding carboxylic acids is 2. The van der Waals surface area contributed by atoms with E-state index in [4.69, 9.17) is 0 Å². The topological polar surface area (TPSA) is 43.4 Å². The molecule has 1 fully saturated rings. The van der Waals surface area contributed by atoms with Crippen molar-refractivity contribution in [3.8, 4) is 0 Å². The van der Waals surface area contributed by atoms with Crippen LogP contribution in [0.25, 0.3) is 0 Å². The predicted molar refractivity (Wildman–Crippen MR) is 61.7 cm³/mol. The molecule has 3 nitrogen and oxygen atoms in total. The van der Waals surface area contributed by atoms with E-state index in [1.54, 1.807) is 0 Å². The van der Waals surface area contributed by atoms with Crippen molar-refractivity contribution in [2.24, 2.45) is 16.7 Å². The molecule has 1 rings (SSSR count). The van der Waals surface area contributed by atoms with Crippen molar-refractivity contribution in [3.05, 3.63) is 0 Å². The Bertz CT molecular complexity index is 302. The molecule has 1 saturated heterocycles. The molecule has 0 spiro atoms. The lowest BCUT2D eigenvalue weighted by Crippen LogP contribution is -2.34. The fourth-order valence-corrected chi connectivity index (χ4v) is 2.05. The smallest absolute Gasteiger partial charge is 0.317 e. The summed E-state index contributed by atoms with van der Waals surface area (Å²) in [6, 6.07) is 0. The maximum atomic E-state index is 11.4. The minimum Gasteiger partial charge on any atom is -0.393 e. The number of hydrogen-bond donors (Lipinski definition) is 0. The summed E-state index contributed by atoms with van der Waals surface area (Å²) in [5.41, 5.74) is 0.176. The number of rotatable bonds is 4. The molecule has 0 aromatic heterocycles. The van der Waals surface area contributed by atoms with Gasteiger partial charge >= 0.3 is 11.9 Å². The molecule has 3 heteroatoms. The van der Waals surface area contributed by atoms with Crippen LogP contribution < -0.4 is 0 Å². The van der Waals surface area contributed by atoms with Gasteiger partial charge in [0.15, 0.2) is 0 Å². The minimum atomic E-state index is -0.375. The fourth-order valence-electron chi connectivity index (χ4n) is 2.05. The number of esters is 2. The molecule has 0 radical (unpaired) electrons. The van der Waals surface area contributed by atoms with Gasteiger partial charge in [0, 0.05) is 0 Å². The molecule has 1 heterocycles. The molecule has 0 saturated carbocycles. The summed E-state index contributed by atoms with van der Waals surface area (Å²) in [4.78, 5) is 22.5. The summed E-state index contributed by atoms with van der Waals surface area (Å²) in [5, 5.41) is 0. The first-order chi connectivity index (χ1) is 7.19. The summed E-state index contributed by atoms with van der Waals surface area (Å²) < 4.78 is 4.59. The van der Waals surface area contributed by atoms with Crippen LogP contribution in [0.1, 0.15) is 53.9 Å². The standard InChI is InChI=1S/C13H22O3/c1-6-12(2,3)13(4,5)8-9-7-10(14)16-11(9)15/h9H,6-8H2,1-5H3. The molecule has 0 aromatic carbocycles. The van der Waals surface area contributed by atoms with Crippen LogP contribution in [0.3, 0.4) is 0 Å². The van der Waals surface area contributed by atoms with E-state index in [-0.39, 0.29) is 35.1 Å². The molecule has 1 unspecified atom stereocenters. The number of hydrogen-bond acceptors (Lipinski definition) is 3. The van der Waals surface area contributed by atoms with Gasteiger partial charge in [0.05, 0.1) is 12.3 Å². The highest BCUT2D eigenvalue weighted by Crippen LogP contribution is 2.46. The van der Waals surface area contributed by atoms with Crippen LogP contribution in [0.5, 0.6) is 0 Å². The number of ether oxygens (including phenoxy) is 1. The molecule has 0 amide bonds. The SMILES string of the molecule is CCC(C)(C)C(C)(C)CC1CC(=O)OC1=O. The van der Waals surface area contributed by atoms with Crippen LogP contribution in [-0.2, 0) is 14.3 Å². The lowest BCUT2D eigenvalue weighted by Gasteiger charge is -2.42. The molecular weight excluding hydrogens is 204 g/mol. The van der Waals surface area contributed by atoms with Gasteiger partial charge in [-0.1, -0.05) is 41.0 Å². The summed E-state index contributed by atoms with van der Waals surface area (Å²) in [7, 11) is 0. The Morgan fingerprint density at radius 3 is 2.12 bits per heavy atom.